The molecule has 1 nitrogen and oxygen atoms in total. The van der Waals surface area contributed by atoms with Crippen LogP contribution in [0.3, 0.4) is 0 Å². The van der Waals surface area contributed by atoms with Gasteiger partial charge in [0.05, 0.1) is 6.10 Å². The van der Waals surface area contributed by atoms with Crippen LogP contribution < -0.4 is 0 Å². The SMILES string of the molecule is C=C(C)/C(=C\C)OC1CCCC1. The number of hydrogen-bond acceptors (Lipinski definition) is 1. The summed E-state index contributed by atoms with van der Waals surface area (Å²) < 4.78 is 5.78. The van der Waals surface area contributed by atoms with Gasteiger partial charge in [0.1, 0.15) is 5.76 Å². The Morgan fingerprint density at radius 3 is 2.42 bits per heavy atom. The Morgan fingerprint density at radius 2 is 2.00 bits per heavy atom. The molecule has 1 heteroatoms. The van der Waals surface area contributed by atoms with E-state index in [4.69, 9.17) is 4.74 Å². The molecule has 0 atom stereocenters. The van der Waals surface area contributed by atoms with E-state index in [-0.39, 0.29) is 0 Å². The fourth-order valence-electron chi connectivity index (χ4n) is 1.60. The molecule has 0 bridgehead atoms. The fourth-order valence-corrected chi connectivity index (χ4v) is 1.60. The van der Waals surface area contributed by atoms with E-state index in [9.17, 15) is 0 Å². The molecular weight excluding hydrogens is 148 g/mol. The average Bonchev–Trinajstić information content (AvgIpc) is 2.51. The molecule has 12 heavy (non-hydrogen) atoms. The van der Waals surface area contributed by atoms with E-state index < -0.39 is 0 Å². The molecule has 68 valence electrons. The summed E-state index contributed by atoms with van der Waals surface area (Å²) in [6.07, 6.45) is 7.51. The number of ether oxygens (including phenoxy) is 1. The van der Waals surface area contributed by atoms with Crippen molar-refractivity contribution in [1.82, 2.24) is 0 Å². The minimum atomic E-state index is 0.452. The van der Waals surface area contributed by atoms with Crippen molar-refractivity contribution >= 4 is 0 Å². The third-order valence-corrected chi connectivity index (χ3v) is 2.28. The molecule has 0 aromatic heterocycles. The summed E-state index contributed by atoms with van der Waals surface area (Å²) in [5.74, 6) is 0.974. The van der Waals surface area contributed by atoms with Crippen molar-refractivity contribution in [2.24, 2.45) is 0 Å². The Balaban J connectivity index is 2.42. The first-order chi connectivity index (χ1) is 5.74. The molecule has 1 fully saturated rings. The van der Waals surface area contributed by atoms with Gasteiger partial charge >= 0.3 is 0 Å². The van der Waals surface area contributed by atoms with E-state index >= 15 is 0 Å². The second-order valence-electron chi connectivity index (χ2n) is 3.46. The minimum absolute atomic E-state index is 0.452. The van der Waals surface area contributed by atoms with E-state index in [2.05, 4.69) is 6.58 Å². The van der Waals surface area contributed by atoms with Gasteiger partial charge in [-0.05, 0) is 51.2 Å². The van der Waals surface area contributed by atoms with Crippen LogP contribution >= 0.6 is 0 Å². The minimum Gasteiger partial charge on any atom is -0.491 e. The first-order valence-corrected chi connectivity index (χ1v) is 4.73. The average molecular weight is 166 g/mol. The third kappa shape index (κ3) is 2.40. The van der Waals surface area contributed by atoms with Crippen molar-refractivity contribution in [2.75, 3.05) is 0 Å². The number of allylic oxidation sites excluding steroid dienone is 2. The van der Waals surface area contributed by atoms with Gasteiger partial charge in [0.2, 0.25) is 0 Å². The summed E-state index contributed by atoms with van der Waals surface area (Å²) in [6.45, 7) is 7.86. The highest BCUT2D eigenvalue weighted by Crippen LogP contribution is 2.24. The maximum atomic E-state index is 5.78. The monoisotopic (exact) mass is 166 g/mol. The van der Waals surface area contributed by atoms with Gasteiger partial charge in [-0.25, -0.2) is 0 Å². The zero-order chi connectivity index (χ0) is 8.97. The predicted octanol–water partition coefficient (Wildman–Crippen LogP) is 3.43. The molecule has 0 spiro atoms. The van der Waals surface area contributed by atoms with Gasteiger partial charge in [0.25, 0.3) is 0 Å². The second-order valence-corrected chi connectivity index (χ2v) is 3.46. The van der Waals surface area contributed by atoms with Crippen LogP contribution in [-0.4, -0.2) is 6.10 Å². The van der Waals surface area contributed by atoms with E-state index in [0.717, 1.165) is 11.3 Å². The Kier molecular flexibility index (Phi) is 3.39. The zero-order valence-corrected chi connectivity index (χ0v) is 8.10. The van der Waals surface area contributed by atoms with Crippen LogP contribution in [0.2, 0.25) is 0 Å². The molecule has 1 aliphatic rings. The summed E-state index contributed by atoms with van der Waals surface area (Å²) in [7, 11) is 0. The van der Waals surface area contributed by atoms with Gasteiger partial charge in [0, 0.05) is 0 Å². The smallest absolute Gasteiger partial charge is 0.117 e. The Morgan fingerprint density at radius 1 is 1.42 bits per heavy atom. The molecule has 1 aliphatic carbocycles. The van der Waals surface area contributed by atoms with Crippen LogP contribution in [0.5, 0.6) is 0 Å². The van der Waals surface area contributed by atoms with E-state index in [1.54, 1.807) is 0 Å². The van der Waals surface area contributed by atoms with E-state index in [1.165, 1.54) is 25.7 Å². The van der Waals surface area contributed by atoms with Gasteiger partial charge in [-0.15, -0.1) is 0 Å². The topological polar surface area (TPSA) is 9.23 Å². The van der Waals surface area contributed by atoms with Crippen molar-refractivity contribution in [3.63, 3.8) is 0 Å². The second kappa shape index (κ2) is 4.34. The largest absolute Gasteiger partial charge is 0.491 e. The molecule has 0 unspecified atom stereocenters. The van der Waals surface area contributed by atoms with E-state index in [0.29, 0.717) is 6.10 Å². The zero-order valence-electron chi connectivity index (χ0n) is 8.10. The van der Waals surface area contributed by atoms with Crippen LogP contribution in [0.25, 0.3) is 0 Å². The molecule has 0 saturated heterocycles. The molecule has 1 saturated carbocycles. The normalized spacial score (nSPS) is 19.7. The third-order valence-electron chi connectivity index (χ3n) is 2.28. The highest BCUT2D eigenvalue weighted by atomic mass is 16.5. The predicted molar refractivity (Wildman–Crippen MR) is 51.9 cm³/mol. The van der Waals surface area contributed by atoms with Crippen molar-refractivity contribution in [2.45, 2.75) is 45.6 Å². The van der Waals surface area contributed by atoms with Crippen molar-refractivity contribution in [3.8, 4) is 0 Å². The molecule has 1 rings (SSSR count). The number of rotatable bonds is 3. The lowest BCUT2D eigenvalue weighted by atomic mass is 10.2. The molecule has 0 N–H and O–H groups in total. The molecule has 0 aliphatic heterocycles. The Labute approximate surface area is 75.1 Å². The van der Waals surface area contributed by atoms with Crippen LogP contribution in [0, 0.1) is 0 Å². The molecule has 0 aromatic rings. The van der Waals surface area contributed by atoms with Crippen LogP contribution in [-0.2, 0) is 4.74 Å². The first-order valence-electron chi connectivity index (χ1n) is 4.73. The molecule has 0 amide bonds. The first kappa shape index (κ1) is 9.37. The lowest BCUT2D eigenvalue weighted by Gasteiger charge is -2.15. The fraction of sp³-hybridized carbons (Fsp3) is 0.636. The molecule has 0 radical (unpaired) electrons. The van der Waals surface area contributed by atoms with Crippen molar-refractivity contribution in [1.29, 1.82) is 0 Å². The highest BCUT2D eigenvalue weighted by molar-refractivity contribution is 5.19. The van der Waals surface area contributed by atoms with Crippen LogP contribution in [0.1, 0.15) is 39.5 Å². The molecule has 0 heterocycles. The summed E-state index contributed by atoms with van der Waals surface area (Å²) in [5.41, 5.74) is 1.03. The van der Waals surface area contributed by atoms with Gasteiger partial charge in [-0.2, -0.15) is 0 Å². The van der Waals surface area contributed by atoms with Crippen LogP contribution in [0.15, 0.2) is 24.0 Å². The highest BCUT2D eigenvalue weighted by Gasteiger charge is 2.17. The Hall–Kier alpha value is -0.720. The summed E-state index contributed by atoms with van der Waals surface area (Å²) in [6, 6.07) is 0. The lowest BCUT2D eigenvalue weighted by molar-refractivity contribution is 0.128. The summed E-state index contributed by atoms with van der Waals surface area (Å²) in [4.78, 5) is 0. The summed E-state index contributed by atoms with van der Waals surface area (Å²) >= 11 is 0. The van der Waals surface area contributed by atoms with Crippen molar-refractivity contribution in [3.05, 3.63) is 24.0 Å². The standard InChI is InChI=1S/C11H18O/c1-4-11(9(2)3)12-10-7-5-6-8-10/h4,10H,2,5-8H2,1,3H3/b11-4+. The number of hydrogen-bond donors (Lipinski definition) is 0. The summed E-state index contributed by atoms with van der Waals surface area (Å²) in [5, 5.41) is 0. The van der Waals surface area contributed by atoms with Gasteiger partial charge in [-0.1, -0.05) is 6.58 Å². The van der Waals surface area contributed by atoms with Crippen LogP contribution in [0.4, 0.5) is 0 Å². The lowest BCUT2D eigenvalue weighted by Crippen LogP contribution is -2.07. The van der Waals surface area contributed by atoms with E-state index in [1.807, 2.05) is 19.9 Å². The van der Waals surface area contributed by atoms with Crippen molar-refractivity contribution < 1.29 is 4.74 Å². The molecule has 0 aromatic carbocycles. The van der Waals surface area contributed by atoms with Gasteiger partial charge in [-0.3, -0.25) is 0 Å². The maximum Gasteiger partial charge on any atom is 0.117 e. The molecular formula is C11H18O. The van der Waals surface area contributed by atoms with Gasteiger partial charge < -0.3 is 4.74 Å². The van der Waals surface area contributed by atoms with Gasteiger partial charge in [0.15, 0.2) is 0 Å². The Bertz CT molecular complexity index is 185. The quantitative estimate of drug-likeness (QED) is 0.461. The maximum absolute atomic E-state index is 5.78.